The van der Waals surface area contributed by atoms with Crippen molar-refractivity contribution in [2.75, 3.05) is 17.7 Å². The molecule has 0 bridgehead atoms. The molecular formula is C16H17F3N3O6S+. The molecule has 0 unspecified atom stereocenters. The van der Waals surface area contributed by atoms with Crippen LogP contribution in [0.3, 0.4) is 0 Å². The van der Waals surface area contributed by atoms with Crippen LogP contribution in [-0.4, -0.2) is 54.0 Å². The number of anilines is 1. The number of carboxylic acid groups (broad SMARTS) is 1. The lowest BCUT2D eigenvalue weighted by molar-refractivity contribution is -0.750. The fourth-order valence-electron chi connectivity index (χ4n) is 1.81. The molecule has 13 heteroatoms. The molecule has 0 aliphatic rings. The van der Waals surface area contributed by atoms with Crippen LogP contribution in [0.2, 0.25) is 0 Å². The van der Waals surface area contributed by atoms with Crippen molar-refractivity contribution in [3.05, 3.63) is 54.4 Å². The van der Waals surface area contributed by atoms with Crippen molar-refractivity contribution in [3.8, 4) is 0 Å². The first kappa shape index (κ1) is 24.0. The number of aliphatic carboxylic acids is 1. The second kappa shape index (κ2) is 9.93. The van der Waals surface area contributed by atoms with Gasteiger partial charge in [0.15, 0.2) is 12.7 Å². The number of aryl methyl sites for hydroxylation is 1. The first-order chi connectivity index (χ1) is 13.3. The van der Waals surface area contributed by atoms with E-state index in [1.165, 1.54) is 22.0 Å². The summed E-state index contributed by atoms with van der Waals surface area (Å²) in [5.41, 5.74) is 1.14. The number of aromatic nitrogens is 2. The standard InChI is InChI=1S/C14H15N3O4S.C2HF3O2/c1-16(13-5-3-2-4-6-13)14(18)12-7-8-17(15-11-12)9-10-22(19,20)21;3-2(4,5)1(6)7/h2-8,11H,9-10H2,1H3;(H,6,7)/p+1. The zero-order chi connectivity index (χ0) is 22.2. The molecule has 0 radical (unpaired) electrons. The van der Waals surface area contributed by atoms with Gasteiger partial charge in [-0.3, -0.25) is 9.35 Å². The molecule has 1 amide bonds. The number of carbonyl (C=O) groups excluding carboxylic acids is 1. The van der Waals surface area contributed by atoms with E-state index in [0.29, 0.717) is 5.56 Å². The monoisotopic (exact) mass is 436 g/mol. The summed E-state index contributed by atoms with van der Waals surface area (Å²) in [6.07, 6.45) is -2.22. The summed E-state index contributed by atoms with van der Waals surface area (Å²) in [4.78, 5) is 22.7. The number of carboxylic acids is 1. The smallest absolute Gasteiger partial charge is 0.475 e. The Morgan fingerprint density at radius 3 is 2.14 bits per heavy atom. The van der Waals surface area contributed by atoms with Gasteiger partial charge in [-0.25, -0.2) is 4.79 Å². The normalized spacial score (nSPS) is 11.2. The molecule has 0 saturated carbocycles. The maximum atomic E-state index is 12.3. The lowest BCUT2D eigenvalue weighted by Crippen LogP contribution is -2.41. The molecule has 0 fully saturated rings. The van der Waals surface area contributed by atoms with Crippen LogP contribution in [0.15, 0.2) is 48.8 Å². The summed E-state index contributed by atoms with van der Waals surface area (Å²) < 4.78 is 63.1. The second-order valence-corrected chi connectivity index (χ2v) is 7.04. The molecule has 29 heavy (non-hydrogen) atoms. The number of hydrogen-bond acceptors (Lipinski definition) is 5. The highest BCUT2D eigenvalue weighted by Crippen LogP contribution is 2.14. The molecule has 2 rings (SSSR count). The van der Waals surface area contributed by atoms with Crippen LogP contribution in [0, 0.1) is 0 Å². The van der Waals surface area contributed by atoms with E-state index in [1.54, 1.807) is 13.1 Å². The first-order valence-corrected chi connectivity index (χ1v) is 9.36. The highest BCUT2D eigenvalue weighted by atomic mass is 32.2. The Labute approximate surface area is 163 Å². The Morgan fingerprint density at radius 2 is 1.72 bits per heavy atom. The van der Waals surface area contributed by atoms with Gasteiger partial charge >= 0.3 is 12.1 Å². The third kappa shape index (κ3) is 8.66. The van der Waals surface area contributed by atoms with Crippen LogP contribution in [0.25, 0.3) is 0 Å². The van der Waals surface area contributed by atoms with Crippen molar-refractivity contribution in [1.82, 2.24) is 5.10 Å². The molecule has 0 aliphatic carbocycles. The number of amides is 1. The van der Waals surface area contributed by atoms with E-state index in [0.717, 1.165) is 5.69 Å². The molecule has 0 spiro atoms. The fraction of sp³-hybridized carbons (Fsp3) is 0.250. The average Bonchev–Trinajstić information content (AvgIpc) is 2.65. The average molecular weight is 436 g/mol. The van der Waals surface area contributed by atoms with Crippen molar-refractivity contribution in [1.29, 1.82) is 0 Å². The molecule has 158 valence electrons. The highest BCUT2D eigenvalue weighted by Gasteiger charge is 2.38. The molecule has 0 saturated heterocycles. The Morgan fingerprint density at radius 1 is 1.17 bits per heavy atom. The maximum Gasteiger partial charge on any atom is 0.490 e. The van der Waals surface area contributed by atoms with Gasteiger partial charge in [-0.2, -0.15) is 21.6 Å². The van der Waals surface area contributed by atoms with Gasteiger partial charge in [0.2, 0.25) is 0 Å². The second-order valence-electron chi connectivity index (χ2n) is 5.47. The van der Waals surface area contributed by atoms with Crippen LogP contribution < -0.4 is 9.58 Å². The largest absolute Gasteiger partial charge is 0.490 e. The highest BCUT2D eigenvalue weighted by molar-refractivity contribution is 7.85. The summed E-state index contributed by atoms with van der Waals surface area (Å²) in [5.74, 6) is -3.41. The summed E-state index contributed by atoms with van der Waals surface area (Å²) in [6.45, 7) is 0.0157. The molecule has 2 aromatic rings. The number of nitrogens with zero attached hydrogens (tertiary/aromatic N) is 3. The van der Waals surface area contributed by atoms with Crippen molar-refractivity contribution in [3.63, 3.8) is 0 Å². The third-order valence-corrected chi connectivity index (χ3v) is 3.99. The lowest BCUT2D eigenvalue weighted by Gasteiger charge is -2.16. The van der Waals surface area contributed by atoms with Gasteiger partial charge in [-0.05, 0) is 17.2 Å². The molecule has 1 aromatic carbocycles. The van der Waals surface area contributed by atoms with Crippen molar-refractivity contribution < 1.29 is 45.5 Å². The lowest BCUT2D eigenvalue weighted by atomic mass is 10.2. The molecule has 1 aromatic heterocycles. The predicted molar refractivity (Wildman–Crippen MR) is 93.7 cm³/mol. The fourth-order valence-corrected chi connectivity index (χ4v) is 2.23. The van der Waals surface area contributed by atoms with E-state index in [1.807, 2.05) is 30.3 Å². The Balaban J connectivity index is 0.000000516. The van der Waals surface area contributed by atoms with Gasteiger partial charge < -0.3 is 10.0 Å². The number of carbonyl (C=O) groups is 2. The van der Waals surface area contributed by atoms with Gasteiger partial charge in [-0.1, -0.05) is 22.9 Å². The molecule has 0 aliphatic heterocycles. The Hall–Kier alpha value is -3.06. The topological polar surface area (TPSA) is 129 Å². The molecule has 9 nitrogen and oxygen atoms in total. The number of para-hydroxylation sites is 1. The number of halogens is 3. The number of alkyl halides is 3. The van der Waals surface area contributed by atoms with Gasteiger partial charge in [0.05, 0.1) is 5.56 Å². The van der Waals surface area contributed by atoms with Crippen LogP contribution in [-0.2, 0) is 21.5 Å². The zero-order valence-electron chi connectivity index (χ0n) is 14.9. The molecular weight excluding hydrogens is 419 g/mol. The van der Waals surface area contributed by atoms with E-state index in [4.69, 9.17) is 14.5 Å². The van der Waals surface area contributed by atoms with Gasteiger partial charge in [-0.15, -0.1) is 0 Å². The van der Waals surface area contributed by atoms with E-state index in [-0.39, 0.29) is 12.5 Å². The minimum Gasteiger partial charge on any atom is -0.475 e. The van der Waals surface area contributed by atoms with Crippen LogP contribution >= 0.6 is 0 Å². The quantitative estimate of drug-likeness (QED) is 0.532. The Kier molecular flexibility index (Phi) is 8.21. The minimum absolute atomic E-state index is 0.0157. The van der Waals surface area contributed by atoms with Crippen molar-refractivity contribution in [2.24, 2.45) is 0 Å². The van der Waals surface area contributed by atoms with Gasteiger partial charge in [0.1, 0.15) is 11.9 Å². The molecule has 2 N–H and O–H groups in total. The summed E-state index contributed by atoms with van der Waals surface area (Å²) in [5, 5.41) is 11.1. The summed E-state index contributed by atoms with van der Waals surface area (Å²) in [6, 6.07) is 10.7. The van der Waals surface area contributed by atoms with Gasteiger partial charge in [0.25, 0.3) is 16.0 Å². The first-order valence-electron chi connectivity index (χ1n) is 7.75. The van der Waals surface area contributed by atoms with Crippen molar-refractivity contribution in [2.45, 2.75) is 12.7 Å². The predicted octanol–water partition coefficient (Wildman–Crippen LogP) is 1.17. The van der Waals surface area contributed by atoms with E-state index in [2.05, 4.69) is 5.10 Å². The molecule has 1 heterocycles. The van der Waals surface area contributed by atoms with Crippen LogP contribution in [0.1, 0.15) is 10.4 Å². The number of hydrogen-bond donors (Lipinski definition) is 2. The van der Waals surface area contributed by atoms with E-state index in [9.17, 15) is 26.4 Å². The maximum absolute atomic E-state index is 12.3. The van der Waals surface area contributed by atoms with E-state index < -0.39 is 28.0 Å². The molecule has 0 atom stereocenters. The summed E-state index contributed by atoms with van der Waals surface area (Å²) >= 11 is 0. The number of benzene rings is 1. The minimum atomic E-state index is -5.08. The number of rotatable bonds is 5. The van der Waals surface area contributed by atoms with Crippen molar-refractivity contribution >= 4 is 27.7 Å². The summed E-state index contributed by atoms with van der Waals surface area (Å²) in [7, 11) is -2.37. The third-order valence-electron chi connectivity index (χ3n) is 3.29. The van der Waals surface area contributed by atoms with E-state index >= 15 is 0 Å². The van der Waals surface area contributed by atoms with Crippen LogP contribution in [0.5, 0.6) is 0 Å². The Bertz CT molecular complexity index is 935. The van der Waals surface area contributed by atoms with Crippen LogP contribution in [0.4, 0.5) is 18.9 Å². The zero-order valence-corrected chi connectivity index (χ0v) is 15.8. The van der Waals surface area contributed by atoms with Gasteiger partial charge in [0, 0.05) is 18.8 Å². The SMILES string of the molecule is CN(C(=O)c1cc[n+](CCS(=O)(=O)O)nc1)c1ccccc1.O=C(O)C(F)(F)F.